The predicted molar refractivity (Wildman–Crippen MR) is 94.1 cm³/mol. The summed E-state index contributed by atoms with van der Waals surface area (Å²) < 4.78 is -0.0152. The molecule has 0 spiro atoms. The third kappa shape index (κ3) is 3.13. The molecule has 0 aromatic heterocycles. The van der Waals surface area contributed by atoms with E-state index in [1.54, 1.807) is 55.5 Å². The average molecular weight is 404 g/mol. The molecule has 1 aliphatic carbocycles. The van der Waals surface area contributed by atoms with Crippen LogP contribution in [0.1, 0.15) is 38.0 Å². The van der Waals surface area contributed by atoms with Crippen LogP contribution in [0.2, 0.25) is 10.3 Å². The first kappa shape index (κ1) is 16.8. The predicted octanol–water partition coefficient (Wildman–Crippen LogP) is 4.00. The standard InChI is InChI=1S/C19H13ClO3Se/c1-11-16(10-24-19(23)12-6-8-13(20)9-7-12)18(22)15-5-3-2-4-14(15)17(11)21/h2-9H,10H2,1H3. The van der Waals surface area contributed by atoms with Crippen LogP contribution in [0.5, 0.6) is 0 Å². The Kier molecular flexibility index (Phi) is 4.81. The zero-order valence-corrected chi connectivity index (χ0v) is 15.3. The van der Waals surface area contributed by atoms with Crippen molar-refractivity contribution in [3.05, 3.63) is 81.4 Å². The van der Waals surface area contributed by atoms with Gasteiger partial charge < -0.3 is 0 Å². The van der Waals surface area contributed by atoms with Crippen LogP contribution in [0.15, 0.2) is 59.7 Å². The third-order valence-electron chi connectivity index (χ3n) is 3.91. The van der Waals surface area contributed by atoms with E-state index < -0.39 is 15.0 Å². The molecule has 0 aliphatic heterocycles. The molecule has 0 fully saturated rings. The molecule has 24 heavy (non-hydrogen) atoms. The van der Waals surface area contributed by atoms with Crippen molar-refractivity contribution >= 4 is 42.8 Å². The van der Waals surface area contributed by atoms with Gasteiger partial charge in [-0.15, -0.1) is 0 Å². The van der Waals surface area contributed by atoms with Crippen LogP contribution in [-0.2, 0) is 0 Å². The van der Waals surface area contributed by atoms with Crippen LogP contribution in [0.25, 0.3) is 0 Å². The molecular weight excluding hydrogens is 391 g/mol. The van der Waals surface area contributed by atoms with Crippen molar-refractivity contribution in [2.75, 3.05) is 0 Å². The van der Waals surface area contributed by atoms with Gasteiger partial charge in [0.2, 0.25) is 0 Å². The van der Waals surface area contributed by atoms with E-state index in [2.05, 4.69) is 0 Å². The molecule has 3 rings (SSSR count). The normalized spacial score (nSPS) is 13.9. The van der Waals surface area contributed by atoms with Gasteiger partial charge in [0, 0.05) is 0 Å². The van der Waals surface area contributed by atoms with Gasteiger partial charge in [-0.1, -0.05) is 0 Å². The molecule has 0 saturated heterocycles. The van der Waals surface area contributed by atoms with Gasteiger partial charge >= 0.3 is 151 Å². The minimum absolute atomic E-state index is 0.0152. The molecule has 2 aromatic carbocycles. The number of carbonyl (C=O) groups is 3. The van der Waals surface area contributed by atoms with E-state index in [0.29, 0.717) is 38.2 Å². The first-order valence-electron chi connectivity index (χ1n) is 7.30. The topological polar surface area (TPSA) is 51.2 Å². The average Bonchev–Trinajstić information content (AvgIpc) is 2.60. The Hall–Kier alpha value is -2.00. The van der Waals surface area contributed by atoms with Crippen molar-refractivity contribution in [1.82, 2.24) is 0 Å². The molecule has 0 N–H and O–H groups in total. The number of rotatable bonds is 4. The van der Waals surface area contributed by atoms with Crippen molar-refractivity contribution in [2.45, 2.75) is 12.2 Å². The molecule has 0 amide bonds. The Labute approximate surface area is 150 Å². The molecule has 120 valence electrons. The van der Waals surface area contributed by atoms with Crippen LogP contribution in [0.3, 0.4) is 0 Å². The number of carbonyl (C=O) groups excluding carboxylic acids is 3. The summed E-state index contributed by atoms with van der Waals surface area (Å²) in [6, 6.07) is 13.5. The van der Waals surface area contributed by atoms with Crippen molar-refractivity contribution in [3.63, 3.8) is 0 Å². The zero-order valence-electron chi connectivity index (χ0n) is 12.8. The second kappa shape index (κ2) is 6.86. The van der Waals surface area contributed by atoms with E-state index in [9.17, 15) is 14.4 Å². The SMILES string of the molecule is CC1=C(C[Se]C(=O)c2ccc(Cl)cc2)C(=O)c2ccccc2C1=O. The number of ketones is 2. The Morgan fingerprint density at radius 3 is 2.17 bits per heavy atom. The molecule has 0 radical (unpaired) electrons. The summed E-state index contributed by atoms with van der Waals surface area (Å²) in [4.78, 5) is 37.4. The summed E-state index contributed by atoms with van der Waals surface area (Å²) in [5, 5.41) is 0.890. The summed E-state index contributed by atoms with van der Waals surface area (Å²) in [5.74, 6) is -0.275. The van der Waals surface area contributed by atoms with Gasteiger partial charge in [-0.05, 0) is 0 Å². The number of hydrogen-bond acceptors (Lipinski definition) is 3. The van der Waals surface area contributed by atoms with Gasteiger partial charge in [-0.2, -0.15) is 0 Å². The van der Waals surface area contributed by atoms with Gasteiger partial charge in [0.25, 0.3) is 0 Å². The Morgan fingerprint density at radius 2 is 1.54 bits per heavy atom. The molecule has 0 unspecified atom stereocenters. The molecule has 1 aliphatic rings. The third-order valence-corrected chi connectivity index (χ3v) is 6.12. The van der Waals surface area contributed by atoms with Crippen LogP contribution in [0, 0.1) is 0 Å². The van der Waals surface area contributed by atoms with Crippen molar-refractivity contribution in [2.24, 2.45) is 0 Å². The molecule has 0 saturated carbocycles. The number of Topliss-reactive ketones (excluding diaryl/α,β-unsaturated/α-hetero) is 2. The van der Waals surface area contributed by atoms with Gasteiger partial charge in [-0.25, -0.2) is 0 Å². The Morgan fingerprint density at radius 1 is 0.958 bits per heavy atom. The summed E-state index contributed by atoms with van der Waals surface area (Å²) in [6.07, 6.45) is 0. The second-order valence-electron chi connectivity index (χ2n) is 5.39. The summed E-state index contributed by atoms with van der Waals surface area (Å²) >= 11 is 5.37. The van der Waals surface area contributed by atoms with E-state index in [1.807, 2.05) is 0 Å². The van der Waals surface area contributed by atoms with E-state index in [1.165, 1.54) is 0 Å². The van der Waals surface area contributed by atoms with E-state index in [-0.39, 0.29) is 16.2 Å². The maximum atomic E-state index is 12.6. The quantitative estimate of drug-likeness (QED) is 0.725. The van der Waals surface area contributed by atoms with Crippen LogP contribution in [0.4, 0.5) is 0 Å². The molecule has 0 bridgehead atoms. The van der Waals surface area contributed by atoms with Crippen molar-refractivity contribution in [3.8, 4) is 0 Å². The monoisotopic (exact) mass is 404 g/mol. The van der Waals surface area contributed by atoms with E-state index in [0.717, 1.165) is 0 Å². The fourth-order valence-corrected chi connectivity index (χ4v) is 4.60. The Balaban J connectivity index is 1.81. The summed E-state index contributed by atoms with van der Waals surface area (Å²) in [6.45, 7) is 1.66. The van der Waals surface area contributed by atoms with Crippen molar-refractivity contribution in [1.29, 1.82) is 0 Å². The number of allylic oxidation sites excluding steroid dienone is 2. The molecule has 2 aromatic rings. The molecule has 0 heterocycles. The summed E-state index contributed by atoms with van der Waals surface area (Å²) in [5.41, 5.74) is 2.36. The van der Waals surface area contributed by atoms with Gasteiger partial charge in [0.05, 0.1) is 0 Å². The number of halogens is 1. The molecule has 3 nitrogen and oxygen atoms in total. The van der Waals surface area contributed by atoms with Gasteiger partial charge in [0.1, 0.15) is 0 Å². The fourth-order valence-electron chi connectivity index (χ4n) is 2.53. The maximum absolute atomic E-state index is 12.6. The van der Waals surface area contributed by atoms with Crippen LogP contribution >= 0.6 is 11.6 Å². The first-order chi connectivity index (χ1) is 11.5. The van der Waals surface area contributed by atoms with Crippen LogP contribution < -0.4 is 0 Å². The van der Waals surface area contributed by atoms with E-state index >= 15 is 0 Å². The van der Waals surface area contributed by atoms with Gasteiger partial charge in [-0.3, -0.25) is 0 Å². The fraction of sp³-hybridized carbons (Fsp3) is 0.105. The van der Waals surface area contributed by atoms with E-state index in [4.69, 9.17) is 11.6 Å². The molecular formula is C19H13ClO3Se. The summed E-state index contributed by atoms with van der Waals surface area (Å²) in [7, 11) is 0. The molecule has 5 heteroatoms. The minimum atomic E-state index is -0.452. The van der Waals surface area contributed by atoms with Crippen LogP contribution in [-0.4, -0.2) is 31.2 Å². The number of benzene rings is 2. The number of hydrogen-bond donors (Lipinski definition) is 0. The van der Waals surface area contributed by atoms with Crippen molar-refractivity contribution < 1.29 is 14.4 Å². The first-order valence-corrected chi connectivity index (χ1v) is 9.74. The zero-order chi connectivity index (χ0) is 17.3. The molecule has 0 atom stereocenters. The second-order valence-corrected chi connectivity index (χ2v) is 7.82. The Bertz CT molecular complexity index is 882. The number of fused-ring (bicyclic) bond motifs is 1. The van der Waals surface area contributed by atoms with Gasteiger partial charge in [0.15, 0.2) is 0 Å².